The van der Waals surface area contributed by atoms with Gasteiger partial charge in [-0.15, -0.1) is 11.3 Å². The second kappa shape index (κ2) is 8.39. The third kappa shape index (κ3) is 4.07. The van der Waals surface area contributed by atoms with Crippen LogP contribution in [0.1, 0.15) is 19.3 Å². The number of fused-ring (bicyclic) bond motifs is 2. The zero-order valence-electron chi connectivity index (χ0n) is 14.6. The van der Waals surface area contributed by atoms with E-state index in [2.05, 4.69) is 10.3 Å². The second-order valence-corrected chi connectivity index (χ2v) is 8.56. The monoisotopic (exact) mass is 432 g/mol. The topological polar surface area (TPSA) is 82.1 Å². The molecular formula is C18H15Cl2N2NaO3S. The third-order valence-corrected chi connectivity index (χ3v) is 6.74. The first-order chi connectivity index (χ1) is 12.4. The largest absolute Gasteiger partial charge is 1.00 e. The number of aromatic nitrogens is 1. The Morgan fingerprint density at radius 2 is 1.89 bits per heavy atom. The summed E-state index contributed by atoms with van der Waals surface area (Å²) in [4.78, 5) is 28.6. The Labute approximate surface area is 192 Å². The molecule has 0 saturated heterocycles. The zero-order valence-corrected chi connectivity index (χ0v) is 18.9. The molecule has 2 aromatic rings. The molecule has 1 aromatic carbocycles. The SMILES string of the molecule is O=C([O-])C1C2CCC(C2)C1C(=O)Nc1nc(-c2ccc(Cl)cc2Cl)cs1.[Na+]. The predicted molar refractivity (Wildman–Crippen MR) is 99.0 cm³/mol. The first kappa shape index (κ1) is 21.1. The summed E-state index contributed by atoms with van der Waals surface area (Å²) >= 11 is 13.4. The van der Waals surface area contributed by atoms with Gasteiger partial charge >= 0.3 is 29.6 Å². The molecule has 0 aliphatic heterocycles. The number of aliphatic carboxylic acids is 1. The Kier molecular flexibility index (Phi) is 6.56. The molecule has 4 rings (SSSR count). The number of carbonyl (C=O) groups excluding carboxylic acids is 2. The molecule has 2 aliphatic carbocycles. The van der Waals surface area contributed by atoms with E-state index in [4.69, 9.17) is 23.2 Å². The van der Waals surface area contributed by atoms with Crippen molar-refractivity contribution in [1.82, 2.24) is 4.98 Å². The Morgan fingerprint density at radius 1 is 1.19 bits per heavy atom. The van der Waals surface area contributed by atoms with Gasteiger partial charge in [0, 0.05) is 33.8 Å². The first-order valence-electron chi connectivity index (χ1n) is 8.36. The van der Waals surface area contributed by atoms with E-state index in [1.807, 2.05) is 0 Å². The van der Waals surface area contributed by atoms with Crippen LogP contribution in [0, 0.1) is 23.7 Å². The van der Waals surface area contributed by atoms with Gasteiger partial charge in [0.2, 0.25) is 5.91 Å². The standard InChI is InChI=1S/C18H16Cl2N2O3S.Na/c19-10-3-4-11(12(20)6-10)13-7-26-18(21-13)22-16(23)14-8-1-2-9(5-8)15(14)17(24)25;/h3-4,6-9,14-15H,1-2,5H2,(H,24,25)(H,21,22,23);/q;+1/p-1. The van der Waals surface area contributed by atoms with E-state index in [0.717, 1.165) is 24.8 Å². The van der Waals surface area contributed by atoms with E-state index in [1.54, 1.807) is 23.6 Å². The first-order valence-corrected chi connectivity index (χ1v) is 10.0. The van der Waals surface area contributed by atoms with Crippen molar-refractivity contribution >= 4 is 51.5 Å². The molecule has 2 fully saturated rings. The molecule has 1 heterocycles. The molecule has 4 unspecified atom stereocenters. The van der Waals surface area contributed by atoms with Gasteiger partial charge in [-0.25, -0.2) is 4.98 Å². The smallest absolute Gasteiger partial charge is 0.550 e. The van der Waals surface area contributed by atoms with Crippen molar-refractivity contribution in [3.05, 3.63) is 33.6 Å². The van der Waals surface area contributed by atoms with Crippen molar-refractivity contribution in [2.75, 3.05) is 5.32 Å². The van der Waals surface area contributed by atoms with Gasteiger partial charge in [0.15, 0.2) is 5.13 Å². The van der Waals surface area contributed by atoms with E-state index in [-0.39, 0.29) is 47.3 Å². The Hall–Kier alpha value is -0.630. The summed E-state index contributed by atoms with van der Waals surface area (Å²) < 4.78 is 0. The average Bonchev–Trinajstić information content (AvgIpc) is 3.29. The van der Waals surface area contributed by atoms with Crippen LogP contribution in [0.4, 0.5) is 5.13 Å². The van der Waals surface area contributed by atoms with Gasteiger partial charge in [0.25, 0.3) is 0 Å². The van der Waals surface area contributed by atoms with Crippen LogP contribution in [0.25, 0.3) is 11.3 Å². The maximum atomic E-state index is 12.7. The van der Waals surface area contributed by atoms with E-state index in [0.29, 0.717) is 20.9 Å². The Morgan fingerprint density at radius 3 is 2.56 bits per heavy atom. The molecular weight excluding hydrogens is 418 g/mol. The normalized spacial score (nSPS) is 25.9. The summed E-state index contributed by atoms with van der Waals surface area (Å²) in [6.07, 6.45) is 2.56. The zero-order chi connectivity index (χ0) is 18.4. The number of anilines is 1. The number of nitrogens with zero attached hydrogens (tertiary/aromatic N) is 1. The van der Waals surface area contributed by atoms with E-state index >= 15 is 0 Å². The minimum Gasteiger partial charge on any atom is -0.550 e. The van der Waals surface area contributed by atoms with Crippen LogP contribution in [0.15, 0.2) is 23.6 Å². The predicted octanol–water partition coefficient (Wildman–Crippen LogP) is 0.472. The van der Waals surface area contributed by atoms with E-state index in [1.165, 1.54) is 11.3 Å². The van der Waals surface area contributed by atoms with Crippen LogP contribution in [0.3, 0.4) is 0 Å². The maximum absolute atomic E-state index is 12.7. The molecule has 0 spiro atoms. The summed E-state index contributed by atoms with van der Waals surface area (Å²) in [6, 6.07) is 5.13. The number of carboxylic acid groups (broad SMARTS) is 1. The number of halogens is 2. The number of rotatable bonds is 4. The summed E-state index contributed by atoms with van der Waals surface area (Å²) in [6.45, 7) is 0. The molecule has 9 heteroatoms. The number of nitrogens with one attached hydrogen (secondary N) is 1. The summed E-state index contributed by atoms with van der Waals surface area (Å²) in [5, 5.41) is 17.5. The van der Waals surface area contributed by atoms with Crippen LogP contribution in [-0.4, -0.2) is 16.9 Å². The Balaban J connectivity index is 0.00000210. The van der Waals surface area contributed by atoms with Crippen LogP contribution in [0.2, 0.25) is 10.0 Å². The second-order valence-electron chi connectivity index (χ2n) is 6.86. The van der Waals surface area contributed by atoms with Crippen molar-refractivity contribution in [2.45, 2.75) is 19.3 Å². The molecule has 2 aliphatic rings. The number of amides is 1. The molecule has 1 N–H and O–H groups in total. The molecule has 4 atom stereocenters. The van der Waals surface area contributed by atoms with Crippen LogP contribution >= 0.6 is 34.5 Å². The average molecular weight is 433 g/mol. The van der Waals surface area contributed by atoms with Crippen molar-refractivity contribution in [1.29, 1.82) is 0 Å². The number of carbonyl (C=O) groups is 2. The molecule has 1 amide bonds. The minimum atomic E-state index is -1.12. The molecule has 5 nitrogen and oxygen atoms in total. The fraction of sp³-hybridized carbons (Fsp3) is 0.389. The van der Waals surface area contributed by atoms with Gasteiger partial charge in [0.1, 0.15) is 0 Å². The van der Waals surface area contributed by atoms with Gasteiger partial charge < -0.3 is 15.2 Å². The fourth-order valence-electron chi connectivity index (χ4n) is 4.35. The quantitative estimate of drug-likeness (QED) is 0.711. The van der Waals surface area contributed by atoms with Crippen molar-refractivity contribution in [2.24, 2.45) is 23.7 Å². The molecule has 0 radical (unpaired) electrons. The van der Waals surface area contributed by atoms with Crippen molar-refractivity contribution in [3.8, 4) is 11.3 Å². The molecule has 27 heavy (non-hydrogen) atoms. The number of carboxylic acids is 1. The van der Waals surface area contributed by atoms with Gasteiger partial charge in [-0.2, -0.15) is 0 Å². The van der Waals surface area contributed by atoms with Gasteiger partial charge in [-0.05, 0) is 49.3 Å². The fourth-order valence-corrected chi connectivity index (χ4v) is 5.57. The summed E-state index contributed by atoms with van der Waals surface area (Å²) in [7, 11) is 0. The Bertz CT molecular complexity index is 891. The van der Waals surface area contributed by atoms with Crippen molar-refractivity contribution in [3.63, 3.8) is 0 Å². The number of hydrogen-bond acceptors (Lipinski definition) is 5. The van der Waals surface area contributed by atoms with E-state index in [9.17, 15) is 14.7 Å². The van der Waals surface area contributed by atoms with Gasteiger partial charge in [-0.1, -0.05) is 23.2 Å². The van der Waals surface area contributed by atoms with Crippen LogP contribution < -0.4 is 40.0 Å². The number of benzene rings is 1. The third-order valence-electron chi connectivity index (χ3n) is 5.43. The summed E-state index contributed by atoms with van der Waals surface area (Å²) in [5.74, 6) is -2.46. The molecule has 1 aromatic heterocycles. The summed E-state index contributed by atoms with van der Waals surface area (Å²) in [5.41, 5.74) is 1.36. The molecule has 2 saturated carbocycles. The minimum absolute atomic E-state index is 0. The van der Waals surface area contributed by atoms with Gasteiger partial charge in [-0.3, -0.25) is 4.79 Å². The number of hydrogen-bond donors (Lipinski definition) is 1. The van der Waals surface area contributed by atoms with Gasteiger partial charge in [0.05, 0.1) is 10.7 Å². The number of thiazole rings is 1. The maximum Gasteiger partial charge on any atom is 1.00 e. The molecule has 136 valence electrons. The van der Waals surface area contributed by atoms with Crippen LogP contribution in [-0.2, 0) is 9.59 Å². The van der Waals surface area contributed by atoms with Crippen molar-refractivity contribution < 1.29 is 44.3 Å². The van der Waals surface area contributed by atoms with Crippen LogP contribution in [0.5, 0.6) is 0 Å². The molecule has 2 bridgehead atoms. The van der Waals surface area contributed by atoms with E-state index < -0.39 is 17.8 Å².